The Morgan fingerprint density at radius 2 is 2.06 bits per heavy atom. The first-order valence-electron chi connectivity index (χ1n) is 6.70. The maximum Gasteiger partial charge on any atom is 0.222 e. The maximum absolute atomic E-state index is 11.7. The molecular formula is C13H25NOS. The van der Waals surface area contributed by atoms with E-state index in [4.69, 9.17) is 0 Å². The normalized spacial score (nSPS) is 17.6. The number of hydrogen-bond donors (Lipinski definition) is 0. The van der Waals surface area contributed by atoms with E-state index in [0.717, 1.165) is 25.9 Å². The standard InChI is InChI=1S/C13H25NOS/c1-2-11-16-12-7-6-10-14-9-5-3-4-8-13(14)15/h2-12H2,1H3. The van der Waals surface area contributed by atoms with Gasteiger partial charge in [-0.1, -0.05) is 13.3 Å². The molecule has 0 unspecified atom stereocenters. The molecular weight excluding hydrogens is 218 g/mol. The summed E-state index contributed by atoms with van der Waals surface area (Å²) >= 11 is 2.04. The van der Waals surface area contributed by atoms with Gasteiger partial charge in [0.15, 0.2) is 0 Å². The summed E-state index contributed by atoms with van der Waals surface area (Å²) in [5, 5.41) is 0. The average Bonchev–Trinajstić information content (AvgIpc) is 2.49. The van der Waals surface area contributed by atoms with Gasteiger partial charge in [-0.2, -0.15) is 11.8 Å². The lowest BCUT2D eigenvalue weighted by atomic mass is 10.2. The van der Waals surface area contributed by atoms with Crippen molar-refractivity contribution in [2.75, 3.05) is 24.6 Å². The molecule has 0 aromatic heterocycles. The molecule has 0 aliphatic carbocycles. The quantitative estimate of drug-likeness (QED) is 0.639. The minimum absolute atomic E-state index is 0.388. The molecule has 2 nitrogen and oxygen atoms in total. The third kappa shape index (κ3) is 5.78. The zero-order valence-corrected chi connectivity index (χ0v) is 11.4. The first-order valence-corrected chi connectivity index (χ1v) is 7.85. The van der Waals surface area contributed by atoms with Crippen LogP contribution in [0.1, 0.15) is 51.9 Å². The fourth-order valence-electron chi connectivity index (χ4n) is 2.03. The molecule has 1 rings (SSSR count). The fraction of sp³-hybridized carbons (Fsp3) is 0.923. The molecule has 1 saturated heterocycles. The van der Waals surface area contributed by atoms with E-state index in [2.05, 4.69) is 11.8 Å². The summed E-state index contributed by atoms with van der Waals surface area (Å²) < 4.78 is 0. The number of carbonyl (C=O) groups excluding carboxylic acids is 1. The SMILES string of the molecule is CCCSCCCCN1CCCCCC1=O. The first-order chi connectivity index (χ1) is 7.84. The second-order valence-corrected chi connectivity index (χ2v) is 5.74. The van der Waals surface area contributed by atoms with Crippen molar-refractivity contribution in [1.29, 1.82) is 0 Å². The van der Waals surface area contributed by atoms with Crippen molar-refractivity contribution < 1.29 is 4.79 Å². The third-order valence-electron chi connectivity index (χ3n) is 2.99. The molecule has 94 valence electrons. The average molecular weight is 243 g/mol. The van der Waals surface area contributed by atoms with Crippen LogP contribution in [0.2, 0.25) is 0 Å². The van der Waals surface area contributed by atoms with E-state index < -0.39 is 0 Å². The lowest BCUT2D eigenvalue weighted by Gasteiger charge is -2.20. The van der Waals surface area contributed by atoms with Crippen molar-refractivity contribution in [3.63, 3.8) is 0 Å². The van der Waals surface area contributed by atoms with Crippen molar-refractivity contribution >= 4 is 17.7 Å². The van der Waals surface area contributed by atoms with Gasteiger partial charge < -0.3 is 4.90 Å². The van der Waals surface area contributed by atoms with Gasteiger partial charge in [-0.15, -0.1) is 0 Å². The van der Waals surface area contributed by atoms with Crippen molar-refractivity contribution in [3.8, 4) is 0 Å². The molecule has 0 aromatic carbocycles. The lowest BCUT2D eigenvalue weighted by molar-refractivity contribution is -0.130. The minimum Gasteiger partial charge on any atom is -0.343 e. The Morgan fingerprint density at radius 3 is 2.88 bits per heavy atom. The third-order valence-corrected chi connectivity index (χ3v) is 4.26. The van der Waals surface area contributed by atoms with Gasteiger partial charge in [0.25, 0.3) is 0 Å². The second-order valence-electron chi connectivity index (χ2n) is 4.51. The number of hydrogen-bond acceptors (Lipinski definition) is 2. The highest BCUT2D eigenvalue weighted by atomic mass is 32.2. The molecule has 0 atom stereocenters. The molecule has 1 fully saturated rings. The number of thioether (sulfide) groups is 1. The van der Waals surface area contributed by atoms with E-state index in [0.29, 0.717) is 5.91 Å². The summed E-state index contributed by atoms with van der Waals surface area (Å²) in [7, 11) is 0. The molecule has 0 saturated carbocycles. The van der Waals surface area contributed by atoms with Crippen LogP contribution in [-0.4, -0.2) is 35.4 Å². The monoisotopic (exact) mass is 243 g/mol. The molecule has 1 heterocycles. The van der Waals surface area contributed by atoms with Crippen LogP contribution in [0.25, 0.3) is 0 Å². The number of unbranched alkanes of at least 4 members (excludes halogenated alkanes) is 1. The summed E-state index contributed by atoms with van der Waals surface area (Å²) in [4.78, 5) is 13.8. The predicted molar refractivity (Wildman–Crippen MR) is 71.9 cm³/mol. The fourth-order valence-corrected chi connectivity index (χ4v) is 2.93. The van der Waals surface area contributed by atoms with Crippen LogP contribution in [0.15, 0.2) is 0 Å². The van der Waals surface area contributed by atoms with Crippen molar-refractivity contribution in [2.45, 2.75) is 51.9 Å². The van der Waals surface area contributed by atoms with Gasteiger partial charge in [0.2, 0.25) is 5.91 Å². The number of amides is 1. The predicted octanol–water partition coefficient (Wildman–Crippen LogP) is 3.31. The Hall–Kier alpha value is -0.180. The van der Waals surface area contributed by atoms with Crippen molar-refractivity contribution in [1.82, 2.24) is 4.90 Å². The molecule has 1 aliphatic rings. The van der Waals surface area contributed by atoms with Gasteiger partial charge in [0, 0.05) is 19.5 Å². The summed E-state index contributed by atoms with van der Waals surface area (Å²) in [5.74, 6) is 2.93. The van der Waals surface area contributed by atoms with Crippen LogP contribution in [-0.2, 0) is 4.79 Å². The zero-order chi connectivity index (χ0) is 11.6. The summed E-state index contributed by atoms with van der Waals surface area (Å²) in [6.45, 7) is 4.22. The smallest absolute Gasteiger partial charge is 0.222 e. The molecule has 0 N–H and O–H groups in total. The van der Waals surface area contributed by atoms with Crippen LogP contribution in [0, 0.1) is 0 Å². The molecule has 0 spiro atoms. The van der Waals surface area contributed by atoms with Gasteiger partial charge in [-0.25, -0.2) is 0 Å². The van der Waals surface area contributed by atoms with Gasteiger partial charge in [0.05, 0.1) is 0 Å². The Morgan fingerprint density at radius 1 is 1.19 bits per heavy atom. The Kier molecular flexibility index (Phi) is 7.73. The van der Waals surface area contributed by atoms with Crippen LogP contribution < -0.4 is 0 Å². The zero-order valence-electron chi connectivity index (χ0n) is 10.5. The van der Waals surface area contributed by atoms with Gasteiger partial charge in [-0.05, 0) is 43.6 Å². The highest BCUT2D eigenvalue weighted by molar-refractivity contribution is 7.99. The van der Waals surface area contributed by atoms with E-state index in [1.165, 1.54) is 43.6 Å². The Bertz CT molecular complexity index is 196. The summed E-state index contributed by atoms with van der Waals surface area (Å²) in [6.07, 6.45) is 8.03. The Labute approximate surface area is 104 Å². The molecule has 16 heavy (non-hydrogen) atoms. The van der Waals surface area contributed by atoms with Crippen molar-refractivity contribution in [3.05, 3.63) is 0 Å². The number of carbonyl (C=O) groups is 1. The summed E-state index contributed by atoms with van der Waals surface area (Å²) in [5.41, 5.74) is 0. The van der Waals surface area contributed by atoms with Gasteiger partial charge in [0.1, 0.15) is 0 Å². The second kappa shape index (κ2) is 8.91. The highest BCUT2D eigenvalue weighted by Crippen LogP contribution is 2.12. The topological polar surface area (TPSA) is 20.3 Å². The maximum atomic E-state index is 11.7. The molecule has 3 heteroatoms. The summed E-state index contributed by atoms with van der Waals surface area (Å²) in [6, 6.07) is 0. The first kappa shape index (κ1) is 13.9. The van der Waals surface area contributed by atoms with Crippen molar-refractivity contribution in [2.24, 2.45) is 0 Å². The van der Waals surface area contributed by atoms with E-state index >= 15 is 0 Å². The van der Waals surface area contributed by atoms with Gasteiger partial charge >= 0.3 is 0 Å². The van der Waals surface area contributed by atoms with E-state index in [1.807, 2.05) is 11.8 Å². The van der Waals surface area contributed by atoms with Crippen LogP contribution in [0.3, 0.4) is 0 Å². The molecule has 0 bridgehead atoms. The van der Waals surface area contributed by atoms with E-state index in [-0.39, 0.29) is 0 Å². The lowest BCUT2D eigenvalue weighted by Crippen LogP contribution is -2.31. The van der Waals surface area contributed by atoms with Crippen LogP contribution >= 0.6 is 11.8 Å². The highest BCUT2D eigenvalue weighted by Gasteiger charge is 2.15. The Balaban J connectivity index is 2.04. The molecule has 1 amide bonds. The van der Waals surface area contributed by atoms with E-state index in [9.17, 15) is 4.79 Å². The van der Waals surface area contributed by atoms with Crippen LogP contribution in [0.5, 0.6) is 0 Å². The van der Waals surface area contributed by atoms with Crippen LogP contribution in [0.4, 0.5) is 0 Å². The minimum atomic E-state index is 0.388. The van der Waals surface area contributed by atoms with E-state index in [1.54, 1.807) is 0 Å². The number of nitrogens with zero attached hydrogens (tertiary/aromatic N) is 1. The molecule has 1 aliphatic heterocycles. The molecule has 0 aromatic rings. The van der Waals surface area contributed by atoms with Gasteiger partial charge in [-0.3, -0.25) is 4.79 Å². The number of likely N-dealkylation sites (tertiary alicyclic amines) is 1. The largest absolute Gasteiger partial charge is 0.343 e. The number of rotatable bonds is 7. The molecule has 0 radical (unpaired) electrons.